The molecular formula is C25H24F3NO4S. The Hall–Kier alpha value is -2.88. The normalized spacial score (nSPS) is 20.4. The number of aliphatic hydroxyl groups is 1. The molecule has 3 aromatic rings. The topological polar surface area (TPSA) is 78.8 Å². The fourth-order valence-electron chi connectivity index (χ4n) is 4.10. The van der Waals surface area contributed by atoms with Crippen LogP contribution in [0.25, 0.3) is 11.1 Å². The number of carbonyl (C=O) groups is 1. The van der Waals surface area contributed by atoms with Crippen LogP contribution in [0.5, 0.6) is 5.75 Å². The Morgan fingerprint density at radius 2 is 1.79 bits per heavy atom. The Balaban J connectivity index is 1.36. The zero-order chi connectivity index (χ0) is 24.3. The highest BCUT2D eigenvalue weighted by molar-refractivity contribution is 7.12. The van der Waals surface area contributed by atoms with E-state index in [4.69, 9.17) is 9.84 Å². The molecule has 0 bridgehead atoms. The van der Waals surface area contributed by atoms with Crippen LogP contribution in [0.2, 0.25) is 0 Å². The first-order chi connectivity index (χ1) is 16.2. The summed E-state index contributed by atoms with van der Waals surface area (Å²) >= 11 is 0.683. The van der Waals surface area contributed by atoms with Crippen molar-refractivity contribution in [2.75, 3.05) is 0 Å². The highest BCUT2D eigenvalue weighted by Gasteiger charge is 2.37. The molecule has 0 unspecified atom stereocenters. The first-order valence-corrected chi connectivity index (χ1v) is 11.6. The number of benzene rings is 2. The van der Waals surface area contributed by atoms with Crippen molar-refractivity contribution in [2.24, 2.45) is 5.92 Å². The van der Waals surface area contributed by atoms with Crippen molar-refractivity contribution in [2.45, 2.75) is 44.3 Å². The summed E-state index contributed by atoms with van der Waals surface area (Å²) in [5, 5.41) is 22.3. The molecule has 0 saturated heterocycles. The fraction of sp³-hybridized carbons (Fsp3) is 0.320. The highest BCUT2D eigenvalue weighted by atomic mass is 32.1. The maximum Gasteiger partial charge on any atom is 0.426 e. The smallest absolute Gasteiger partial charge is 0.426 e. The van der Waals surface area contributed by atoms with Crippen LogP contribution >= 0.6 is 11.3 Å². The molecule has 3 atom stereocenters. The third-order valence-electron chi connectivity index (χ3n) is 5.88. The van der Waals surface area contributed by atoms with Crippen molar-refractivity contribution in [1.82, 2.24) is 5.32 Å². The second-order valence-electron chi connectivity index (χ2n) is 8.31. The number of hydrogen-bond donors (Lipinski definition) is 3. The van der Waals surface area contributed by atoms with Gasteiger partial charge in [0.25, 0.3) is 0 Å². The summed E-state index contributed by atoms with van der Waals surface area (Å²) in [5.41, 5.74) is 1.58. The van der Waals surface area contributed by atoms with Gasteiger partial charge in [0.1, 0.15) is 17.2 Å². The molecule has 0 aliphatic heterocycles. The number of ether oxygens (including phenoxy) is 1. The minimum absolute atomic E-state index is 0.0169. The molecule has 0 radical (unpaired) electrons. The van der Waals surface area contributed by atoms with Crippen LogP contribution in [-0.4, -0.2) is 28.3 Å². The predicted molar refractivity (Wildman–Crippen MR) is 123 cm³/mol. The molecule has 34 heavy (non-hydrogen) atoms. The second-order valence-corrected chi connectivity index (χ2v) is 9.45. The van der Waals surface area contributed by atoms with E-state index in [2.05, 4.69) is 5.32 Å². The molecule has 1 aromatic heterocycles. The molecule has 3 N–H and O–H groups in total. The lowest BCUT2D eigenvalue weighted by Gasteiger charge is -2.16. The molecule has 9 heteroatoms. The third-order valence-corrected chi connectivity index (χ3v) is 7.03. The van der Waals surface area contributed by atoms with Gasteiger partial charge in [-0.1, -0.05) is 42.5 Å². The predicted octanol–water partition coefficient (Wildman–Crippen LogP) is 5.33. The summed E-state index contributed by atoms with van der Waals surface area (Å²) in [6.45, 7) is 0.470. The van der Waals surface area contributed by atoms with E-state index < -0.39 is 29.0 Å². The van der Waals surface area contributed by atoms with E-state index in [1.165, 1.54) is 6.07 Å². The summed E-state index contributed by atoms with van der Waals surface area (Å²) in [4.78, 5) is 10.9. The number of aliphatic carboxylic acids is 1. The Morgan fingerprint density at radius 1 is 1.09 bits per heavy atom. The third kappa shape index (κ3) is 5.78. The fourth-order valence-corrected chi connectivity index (χ4v) is 5.06. The molecule has 1 aliphatic carbocycles. The standard InChI is InChI=1S/C25H24F3NO4S/c26-25(27,28)23-20(16-4-2-1-3-5-16)12-19(34-23)14-33-18-8-6-15(7-9-18)13-29-21-10-17(24(31)32)11-22(21)30/h1-9,12,17,21-22,29-30H,10-11,13-14H2,(H,31,32)/t17-,21+,22+/m0/s1. The Morgan fingerprint density at radius 3 is 2.41 bits per heavy atom. The number of rotatable bonds is 8. The summed E-state index contributed by atoms with van der Waals surface area (Å²) in [5.74, 6) is -0.909. The van der Waals surface area contributed by atoms with Crippen molar-refractivity contribution in [1.29, 1.82) is 0 Å². The molecule has 1 heterocycles. The quantitative estimate of drug-likeness (QED) is 0.397. The van der Waals surface area contributed by atoms with Crippen LogP contribution in [0, 0.1) is 5.92 Å². The lowest BCUT2D eigenvalue weighted by Crippen LogP contribution is -2.35. The maximum absolute atomic E-state index is 13.5. The number of thiophene rings is 1. The second kappa shape index (κ2) is 10.2. The van der Waals surface area contributed by atoms with Gasteiger partial charge in [-0.2, -0.15) is 13.2 Å². The molecule has 2 aromatic carbocycles. The SMILES string of the molecule is O=C(O)[C@@H]1C[C@@H](O)[C@H](NCc2ccc(OCc3cc(-c4ccccc4)c(C(F)(F)F)s3)cc2)C1. The lowest BCUT2D eigenvalue weighted by atomic mass is 10.1. The van der Waals surface area contributed by atoms with Crippen LogP contribution in [0.1, 0.15) is 28.2 Å². The van der Waals surface area contributed by atoms with E-state index in [-0.39, 0.29) is 24.6 Å². The minimum Gasteiger partial charge on any atom is -0.488 e. The van der Waals surface area contributed by atoms with Gasteiger partial charge in [-0.25, -0.2) is 0 Å². The van der Waals surface area contributed by atoms with Gasteiger partial charge in [0.15, 0.2) is 0 Å². The number of aliphatic hydroxyl groups excluding tert-OH is 1. The van der Waals surface area contributed by atoms with Gasteiger partial charge in [0.05, 0.1) is 12.0 Å². The van der Waals surface area contributed by atoms with E-state index in [0.717, 1.165) is 5.56 Å². The molecule has 5 nitrogen and oxygen atoms in total. The van der Waals surface area contributed by atoms with E-state index in [0.29, 0.717) is 40.5 Å². The average Bonchev–Trinajstić information content (AvgIpc) is 3.41. The van der Waals surface area contributed by atoms with Gasteiger partial charge in [-0.05, 0) is 42.2 Å². The molecule has 1 saturated carbocycles. The largest absolute Gasteiger partial charge is 0.488 e. The van der Waals surface area contributed by atoms with E-state index >= 15 is 0 Å². The first kappa shape index (κ1) is 24.3. The van der Waals surface area contributed by atoms with Crippen molar-refractivity contribution >= 4 is 17.3 Å². The molecule has 0 spiro atoms. The highest BCUT2D eigenvalue weighted by Crippen LogP contribution is 2.43. The first-order valence-electron chi connectivity index (χ1n) is 10.8. The van der Waals surface area contributed by atoms with Gasteiger partial charge in [-0.3, -0.25) is 4.79 Å². The average molecular weight is 492 g/mol. The van der Waals surface area contributed by atoms with E-state index in [1.54, 1.807) is 42.5 Å². The van der Waals surface area contributed by atoms with Gasteiger partial charge in [0.2, 0.25) is 0 Å². The maximum atomic E-state index is 13.5. The van der Waals surface area contributed by atoms with Gasteiger partial charge < -0.3 is 20.3 Å². The number of nitrogens with one attached hydrogen (secondary N) is 1. The molecule has 4 rings (SSSR count). The molecule has 1 fully saturated rings. The van der Waals surface area contributed by atoms with Crippen LogP contribution in [0.4, 0.5) is 13.2 Å². The summed E-state index contributed by atoms with van der Waals surface area (Å²) in [6.07, 6.45) is -4.52. The molecule has 180 valence electrons. The number of halogens is 3. The Bertz CT molecular complexity index is 1120. The minimum atomic E-state index is -4.44. The number of carboxylic acid groups (broad SMARTS) is 1. The van der Waals surface area contributed by atoms with Gasteiger partial charge >= 0.3 is 12.1 Å². The lowest BCUT2D eigenvalue weighted by molar-refractivity contribution is -0.141. The van der Waals surface area contributed by atoms with Crippen LogP contribution in [0.15, 0.2) is 60.7 Å². The molecular weight excluding hydrogens is 467 g/mol. The van der Waals surface area contributed by atoms with Crippen LogP contribution in [0.3, 0.4) is 0 Å². The number of hydrogen-bond acceptors (Lipinski definition) is 5. The monoisotopic (exact) mass is 491 g/mol. The van der Waals surface area contributed by atoms with Crippen LogP contribution in [-0.2, 0) is 24.1 Å². The van der Waals surface area contributed by atoms with Crippen LogP contribution < -0.4 is 10.1 Å². The number of alkyl halides is 3. The van der Waals surface area contributed by atoms with Gasteiger partial charge in [-0.15, -0.1) is 11.3 Å². The van der Waals surface area contributed by atoms with E-state index in [9.17, 15) is 23.1 Å². The zero-order valence-electron chi connectivity index (χ0n) is 18.1. The summed E-state index contributed by atoms with van der Waals surface area (Å²) in [6, 6.07) is 16.8. The molecule has 0 amide bonds. The van der Waals surface area contributed by atoms with E-state index in [1.807, 2.05) is 12.1 Å². The summed E-state index contributed by atoms with van der Waals surface area (Å²) < 4.78 is 46.3. The molecule has 1 aliphatic rings. The number of carboxylic acids is 1. The van der Waals surface area contributed by atoms with Crippen molar-refractivity contribution < 1.29 is 32.9 Å². The van der Waals surface area contributed by atoms with Crippen molar-refractivity contribution in [3.05, 3.63) is 76.0 Å². The van der Waals surface area contributed by atoms with Crippen molar-refractivity contribution in [3.8, 4) is 16.9 Å². The zero-order valence-corrected chi connectivity index (χ0v) is 18.9. The van der Waals surface area contributed by atoms with Crippen molar-refractivity contribution in [3.63, 3.8) is 0 Å². The Kier molecular flexibility index (Phi) is 7.25. The Labute approximate surface area is 198 Å². The van der Waals surface area contributed by atoms with Gasteiger partial charge in [0, 0.05) is 23.0 Å². The summed E-state index contributed by atoms with van der Waals surface area (Å²) in [7, 11) is 0.